The van der Waals surface area contributed by atoms with Gasteiger partial charge in [0.15, 0.2) is 10.1 Å². The maximum Gasteiger partial charge on any atom is 0.303 e. The van der Waals surface area contributed by atoms with Gasteiger partial charge in [-0.25, -0.2) is 0 Å². The standard InChI is InChI=1S/C5H8BrCl2O2PS/c1-4(9)10-5(2,3-6)11(7,8)12/h3H2,1-2H3. The molecule has 0 bridgehead atoms. The minimum atomic E-state index is -2.65. The number of halogens is 3. The first-order valence-electron chi connectivity index (χ1n) is 2.98. The van der Waals surface area contributed by atoms with E-state index in [0.717, 1.165) is 0 Å². The normalized spacial score (nSPS) is 16.8. The first-order chi connectivity index (χ1) is 5.23. The summed E-state index contributed by atoms with van der Waals surface area (Å²) in [6.45, 7) is 2.91. The summed E-state index contributed by atoms with van der Waals surface area (Å²) in [7, 11) is 0. The van der Waals surface area contributed by atoms with Crippen molar-refractivity contribution < 1.29 is 9.53 Å². The number of hydrogen-bond donors (Lipinski definition) is 0. The molecule has 12 heavy (non-hydrogen) atoms. The van der Waals surface area contributed by atoms with Gasteiger partial charge in [-0.3, -0.25) is 4.79 Å². The third kappa shape index (κ3) is 3.51. The van der Waals surface area contributed by atoms with Crippen LogP contribution < -0.4 is 0 Å². The molecule has 7 heteroatoms. The quantitative estimate of drug-likeness (QED) is 0.453. The van der Waals surface area contributed by atoms with Crippen molar-refractivity contribution in [1.82, 2.24) is 0 Å². The summed E-state index contributed by atoms with van der Waals surface area (Å²) >= 11 is 19.6. The number of alkyl halides is 1. The lowest BCUT2D eigenvalue weighted by Gasteiger charge is -2.29. The van der Waals surface area contributed by atoms with Crippen molar-refractivity contribution in [2.24, 2.45) is 0 Å². The zero-order valence-electron chi connectivity index (χ0n) is 6.51. The van der Waals surface area contributed by atoms with Crippen LogP contribution in [0.3, 0.4) is 0 Å². The lowest BCUT2D eigenvalue weighted by molar-refractivity contribution is -0.146. The molecule has 0 spiro atoms. The summed E-state index contributed by atoms with van der Waals surface area (Å²) in [6.07, 6.45) is 0. The largest absolute Gasteiger partial charge is 0.451 e. The van der Waals surface area contributed by atoms with Gasteiger partial charge >= 0.3 is 5.97 Å². The summed E-state index contributed by atoms with van der Waals surface area (Å²) in [5.74, 6) is -0.438. The average Bonchev–Trinajstić information content (AvgIpc) is 1.83. The first-order valence-corrected chi connectivity index (χ1v) is 8.71. The Morgan fingerprint density at radius 2 is 2.17 bits per heavy atom. The van der Waals surface area contributed by atoms with Crippen LogP contribution in [0.5, 0.6) is 0 Å². The Balaban J connectivity index is 4.69. The van der Waals surface area contributed by atoms with Gasteiger partial charge in [0.1, 0.15) is 0 Å². The molecule has 0 saturated carbocycles. The van der Waals surface area contributed by atoms with Gasteiger partial charge in [0.25, 0.3) is 0 Å². The highest BCUT2D eigenvalue weighted by Crippen LogP contribution is 2.68. The Kier molecular flexibility index (Phi) is 5.06. The van der Waals surface area contributed by atoms with E-state index in [9.17, 15) is 4.79 Å². The predicted molar refractivity (Wildman–Crippen MR) is 60.0 cm³/mol. The molecule has 0 aliphatic carbocycles. The Morgan fingerprint density at radius 1 is 1.75 bits per heavy atom. The van der Waals surface area contributed by atoms with Crippen molar-refractivity contribution in [2.75, 3.05) is 5.33 Å². The van der Waals surface area contributed by atoms with E-state index >= 15 is 0 Å². The van der Waals surface area contributed by atoms with Crippen LogP contribution >= 0.6 is 43.2 Å². The number of carbonyl (C=O) groups is 1. The Morgan fingerprint density at radius 3 is 2.25 bits per heavy atom. The molecular weight excluding hydrogens is 306 g/mol. The fourth-order valence-corrected chi connectivity index (χ4v) is 4.31. The van der Waals surface area contributed by atoms with Crippen LogP contribution in [-0.4, -0.2) is 16.6 Å². The van der Waals surface area contributed by atoms with Gasteiger partial charge in [0.05, 0.1) is 5.33 Å². The monoisotopic (exact) mass is 312 g/mol. The van der Waals surface area contributed by atoms with E-state index in [1.807, 2.05) is 0 Å². The molecule has 0 N–H and O–H groups in total. The maximum atomic E-state index is 10.7. The van der Waals surface area contributed by atoms with Gasteiger partial charge in [-0.2, -0.15) is 0 Å². The molecule has 0 aliphatic rings. The molecule has 1 unspecified atom stereocenters. The van der Waals surface area contributed by atoms with E-state index < -0.39 is 16.1 Å². The fourth-order valence-electron chi connectivity index (χ4n) is 0.460. The Bertz CT molecular complexity index is 231. The number of carbonyl (C=O) groups excluding carboxylic acids is 1. The highest BCUT2D eigenvalue weighted by Gasteiger charge is 2.40. The Labute approximate surface area is 94.7 Å². The third-order valence-corrected chi connectivity index (χ3v) is 7.32. The van der Waals surface area contributed by atoms with Crippen LogP contribution in [0.15, 0.2) is 0 Å². The van der Waals surface area contributed by atoms with Gasteiger partial charge in [0, 0.05) is 6.92 Å². The van der Waals surface area contributed by atoms with Crippen LogP contribution in [0.2, 0.25) is 0 Å². The number of esters is 1. The molecule has 0 heterocycles. The predicted octanol–water partition coefficient (Wildman–Crippen LogP) is 3.45. The van der Waals surface area contributed by atoms with Crippen molar-refractivity contribution in [3.63, 3.8) is 0 Å². The second kappa shape index (κ2) is 4.61. The van der Waals surface area contributed by atoms with E-state index in [1.54, 1.807) is 6.92 Å². The van der Waals surface area contributed by atoms with E-state index in [-0.39, 0.29) is 0 Å². The molecule has 0 fully saturated rings. The van der Waals surface area contributed by atoms with Crippen LogP contribution in [0.25, 0.3) is 0 Å². The van der Waals surface area contributed by atoms with Gasteiger partial charge in [-0.05, 0) is 6.92 Å². The van der Waals surface area contributed by atoms with Crippen LogP contribution in [0.4, 0.5) is 0 Å². The van der Waals surface area contributed by atoms with Crippen LogP contribution in [0.1, 0.15) is 13.8 Å². The molecule has 0 aliphatic heterocycles. The lowest BCUT2D eigenvalue weighted by Crippen LogP contribution is -2.29. The smallest absolute Gasteiger partial charge is 0.303 e. The van der Waals surface area contributed by atoms with Crippen molar-refractivity contribution >= 4 is 60.9 Å². The molecular formula is C5H8BrCl2O2PS. The van der Waals surface area contributed by atoms with E-state index in [1.165, 1.54) is 6.92 Å². The van der Waals surface area contributed by atoms with Crippen LogP contribution in [-0.2, 0) is 21.3 Å². The van der Waals surface area contributed by atoms with Gasteiger partial charge < -0.3 is 4.74 Å². The van der Waals surface area contributed by atoms with Gasteiger partial charge in [-0.1, -0.05) is 50.2 Å². The summed E-state index contributed by atoms with van der Waals surface area (Å²) < 4.78 is 2.29. The molecule has 0 amide bonds. The van der Waals surface area contributed by atoms with E-state index in [4.69, 9.17) is 39.0 Å². The summed E-state index contributed by atoms with van der Waals surface area (Å²) in [5.41, 5.74) is 0. The highest BCUT2D eigenvalue weighted by molar-refractivity contribution is 9.09. The van der Waals surface area contributed by atoms with Gasteiger partial charge in [0.2, 0.25) is 0 Å². The second-order valence-electron chi connectivity index (χ2n) is 2.36. The molecule has 1 atom stereocenters. The molecule has 2 nitrogen and oxygen atoms in total. The molecule has 0 aromatic heterocycles. The minimum Gasteiger partial charge on any atom is -0.451 e. The van der Waals surface area contributed by atoms with Crippen molar-refractivity contribution in [2.45, 2.75) is 19.2 Å². The second-order valence-corrected chi connectivity index (χ2v) is 11.2. The molecule has 0 aromatic carbocycles. The van der Waals surface area contributed by atoms with Gasteiger partial charge in [-0.15, -0.1) is 0 Å². The zero-order valence-corrected chi connectivity index (χ0v) is 11.3. The summed E-state index contributed by atoms with van der Waals surface area (Å²) in [5, 5.41) is -0.638. The van der Waals surface area contributed by atoms with E-state index in [0.29, 0.717) is 5.33 Å². The first kappa shape index (κ1) is 13.2. The third-order valence-electron chi connectivity index (χ3n) is 1.16. The van der Waals surface area contributed by atoms with Crippen molar-refractivity contribution in [1.29, 1.82) is 0 Å². The Hall–Kier alpha value is 1.18. The maximum absolute atomic E-state index is 10.7. The molecule has 0 saturated heterocycles. The molecule has 0 radical (unpaired) electrons. The van der Waals surface area contributed by atoms with E-state index in [2.05, 4.69) is 15.9 Å². The van der Waals surface area contributed by atoms with Crippen molar-refractivity contribution in [3.8, 4) is 0 Å². The number of ether oxygens (including phenoxy) is 1. The fraction of sp³-hybridized carbons (Fsp3) is 0.800. The molecule has 0 aromatic rings. The zero-order chi connectivity index (χ0) is 9.99. The summed E-state index contributed by atoms with van der Waals surface area (Å²) in [6, 6.07) is 0. The van der Waals surface area contributed by atoms with Crippen LogP contribution in [0, 0.1) is 0 Å². The average molecular weight is 314 g/mol. The van der Waals surface area contributed by atoms with Crippen molar-refractivity contribution in [3.05, 3.63) is 0 Å². The minimum absolute atomic E-state index is 0.337. The molecule has 72 valence electrons. The number of hydrogen-bond acceptors (Lipinski definition) is 3. The SMILES string of the molecule is CC(=O)OC(C)(CBr)P(=S)(Cl)Cl. The highest BCUT2D eigenvalue weighted by atomic mass is 79.9. The number of rotatable bonds is 3. The summed E-state index contributed by atoms with van der Waals surface area (Å²) in [4.78, 5) is 10.7. The molecule has 0 rings (SSSR count). The lowest BCUT2D eigenvalue weighted by atomic mass is 10.4. The topological polar surface area (TPSA) is 26.3 Å².